The molecule has 0 atom stereocenters. The van der Waals surface area contributed by atoms with Crippen LogP contribution in [0.2, 0.25) is 0 Å². The van der Waals surface area contributed by atoms with Crippen molar-refractivity contribution in [3.63, 3.8) is 0 Å². The van der Waals surface area contributed by atoms with Crippen molar-refractivity contribution in [2.75, 3.05) is 43.0 Å². The van der Waals surface area contributed by atoms with Crippen molar-refractivity contribution in [1.82, 2.24) is 15.1 Å². The summed E-state index contributed by atoms with van der Waals surface area (Å²) in [5, 5.41) is 8.63. The van der Waals surface area contributed by atoms with Crippen molar-refractivity contribution < 1.29 is 13.9 Å². The summed E-state index contributed by atoms with van der Waals surface area (Å²) in [6, 6.07) is 13.2. The third kappa shape index (κ3) is 2.74. The highest BCUT2D eigenvalue weighted by Gasteiger charge is 2.27. The van der Waals surface area contributed by atoms with Crippen LogP contribution in [-0.2, 0) is 0 Å². The molecule has 0 bridgehead atoms. The van der Waals surface area contributed by atoms with Gasteiger partial charge in [-0.1, -0.05) is 12.1 Å². The number of nitrogens with zero attached hydrogens (tertiary/aromatic N) is 5. The number of aromatic nitrogens is 2. The lowest BCUT2D eigenvalue weighted by Crippen LogP contribution is -2.49. The number of para-hydroxylation sites is 2. The van der Waals surface area contributed by atoms with Gasteiger partial charge in [-0.15, -0.1) is 10.2 Å². The van der Waals surface area contributed by atoms with E-state index in [2.05, 4.69) is 20.0 Å². The van der Waals surface area contributed by atoms with Crippen molar-refractivity contribution in [1.29, 1.82) is 0 Å². The number of piperazine rings is 1. The molecule has 3 aromatic rings. The van der Waals surface area contributed by atoms with E-state index in [1.54, 1.807) is 17.0 Å². The molecule has 0 N–H and O–H groups in total. The fraction of sp³-hybridized carbons (Fsp3) is 0.250. The van der Waals surface area contributed by atoms with Crippen LogP contribution in [0.1, 0.15) is 10.6 Å². The number of hydrogen-bond donors (Lipinski definition) is 0. The number of ether oxygens (including phenoxy) is 1. The molecule has 2 aliphatic rings. The highest BCUT2D eigenvalue weighted by atomic mass is 16.5. The molecule has 0 unspecified atom stereocenters. The van der Waals surface area contributed by atoms with E-state index in [4.69, 9.17) is 9.15 Å². The Hall–Kier alpha value is -3.55. The summed E-state index contributed by atoms with van der Waals surface area (Å²) >= 11 is 0. The lowest BCUT2D eigenvalue weighted by atomic mass is 10.2. The Labute approximate surface area is 161 Å². The molecule has 1 saturated heterocycles. The second kappa shape index (κ2) is 6.56. The minimum absolute atomic E-state index is 0.0779. The number of hydrogen-bond acceptors (Lipinski definition) is 7. The Kier molecular flexibility index (Phi) is 3.89. The molecule has 142 valence electrons. The maximum atomic E-state index is 12.4. The number of rotatable bonds is 2. The van der Waals surface area contributed by atoms with Gasteiger partial charge in [0.05, 0.1) is 12.0 Å². The van der Waals surface area contributed by atoms with Crippen LogP contribution in [0.4, 0.5) is 17.2 Å². The minimum Gasteiger partial charge on any atom is -0.459 e. The highest BCUT2D eigenvalue weighted by Crippen LogP contribution is 2.44. The van der Waals surface area contributed by atoms with Gasteiger partial charge < -0.3 is 23.9 Å². The molecule has 2 aliphatic heterocycles. The number of carbonyl (C=O) groups excluding carboxylic acids is 1. The van der Waals surface area contributed by atoms with Crippen molar-refractivity contribution in [3.8, 4) is 11.6 Å². The van der Waals surface area contributed by atoms with E-state index in [9.17, 15) is 4.79 Å². The lowest BCUT2D eigenvalue weighted by Gasteiger charge is -2.35. The molecule has 8 nitrogen and oxygen atoms in total. The van der Waals surface area contributed by atoms with Gasteiger partial charge in [-0.05, 0) is 24.3 Å². The van der Waals surface area contributed by atoms with Crippen LogP contribution in [0, 0.1) is 0 Å². The smallest absolute Gasteiger partial charge is 0.289 e. The predicted molar refractivity (Wildman–Crippen MR) is 103 cm³/mol. The molecule has 0 radical (unpaired) electrons. The molecule has 1 fully saturated rings. The zero-order valence-corrected chi connectivity index (χ0v) is 15.4. The zero-order chi connectivity index (χ0) is 19.1. The number of benzene rings is 1. The first-order valence-electron chi connectivity index (χ1n) is 9.17. The molecule has 5 rings (SSSR count). The van der Waals surface area contributed by atoms with Gasteiger partial charge in [0.2, 0.25) is 0 Å². The quantitative estimate of drug-likeness (QED) is 0.680. The Morgan fingerprint density at radius 2 is 1.82 bits per heavy atom. The Balaban J connectivity index is 1.33. The third-order valence-electron chi connectivity index (χ3n) is 5.15. The molecule has 2 aromatic heterocycles. The van der Waals surface area contributed by atoms with E-state index >= 15 is 0 Å². The van der Waals surface area contributed by atoms with Gasteiger partial charge in [0.25, 0.3) is 11.8 Å². The van der Waals surface area contributed by atoms with Gasteiger partial charge in [0, 0.05) is 39.3 Å². The average Bonchev–Trinajstić information content (AvgIpc) is 3.28. The van der Waals surface area contributed by atoms with Gasteiger partial charge in [-0.25, -0.2) is 0 Å². The maximum Gasteiger partial charge on any atom is 0.289 e. The number of amides is 1. The first-order chi connectivity index (χ1) is 13.7. The number of carbonyl (C=O) groups is 1. The van der Waals surface area contributed by atoms with Crippen molar-refractivity contribution in [2.45, 2.75) is 0 Å². The summed E-state index contributed by atoms with van der Waals surface area (Å²) in [7, 11) is 1.99. The topological polar surface area (TPSA) is 74.9 Å². The number of fused-ring (bicyclic) bond motifs is 2. The van der Waals surface area contributed by atoms with Crippen LogP contribution in [0.5, 0.6) is 11.6 Å². The van der Waals surface area contributed by atoms with Crippen molar-refractivity contribution >= 4 is 23.1 Å². The van der Waals surface area contributed by atoms with Crippen LogP contribution in [0.25, 0.3) is 0 Å². The second-order valence-corrected chi connectivity index (χ2v) is 6.78. The van der Waals surface area contributed by atoms with E-state index in [0.717, 1.165) is 22.9 Å². The Bertz CT molecular complexity index is 1010. The van der Waals surface area contributed by atoms with Crippen molar-refractivity contribution in [3.05, 3.63) is 54.5 Å². The maximum absolute atomic E-state index is 12.4. The summed E-state index contributed by atoms with van der Waals surface area (Å²) in [5.74, 6) is 2.34. The lowest BCUT2D eigenvalue weighted by molar-refractivity contribution is 0.0714. The van der Waals surface area contributed by atoms with Gasteiger partial charge >= 0.3 is 0 Å². The SMILES string of the molecule is CN1c2ccccc2Oc2nnc(N3CCN(C(=O)c4ccco4)CC3)cc21. The molecule has 28 heavy (non-hydrogen) atoms. The van der Waals surface area contributed by atoms with Crippen LogP contribution >= 0.6 is 0 Å². The first-order valence-corrected chi connectivity index (χ1v) is 9.17. The van der Waals surface area contributed by atoms with Gasteiger partial charge in [-0.2, -0.15) is 0 Å². The normalized spacial score (nSPS) is 15.7. The van der Waals surface area contributed by atoms with E-state index in [1.165, 1.54) is 6.26 Å². The monoisotopic (exact) mass is 377 g/mol. The Morgan fingerprint density at radius 3 is 2.61 bits per heavy atom. The second-order valence-electron chi connectivity index (χ2n) is 6.78. The third-order valence-corrected chi connectivity index (χ3v) is 5.15. The van der Waals surface area contributed by atoms with E-state index in [-0.39, 0.29) is 5.91 Å². The number of furan rings is 1. The fourth-order valence-electron chi connectivity index (χ4n) is 3.58. The van der Waals surface area contributed by atoms with E-state index in [1.807, 2.05) is 37.4 Å². The molecule has 1 aromatic carbocycles. The molecule has 0 aliphatic carbocycles. The highest BCUT2D eigenvalue weighted by molar-refractivity contribution is 5.91. The summed E-state index contributed by atoms with van der Waals surface area (Å²) in [4.78, 5) is 18.4. The molecular weight excluding hydrogens is 358 g/mol. The van der Waals surface area contributed by atoms with E-state index < -0.39 is 0 Å². The average molecular weight is 377 g/mol. The van der Waals surface area contributed by atoms with Crippen LogP contribution in [0.15, 0.2) is 53.1 Å². The van der Waals surface area contributed by atoms with Gasteiger partial charge in [-0.3, -0.25) is 4.79 Å². The predicted octanol–water partition coefficient (Wildman–Crippen LogP) is 2.91. The minimum atomic E-state index is -0.0779. The number of anilines is 3. The first kappa shape index (κ1) is 16.6. The molecule has 0 spiro atoms. The summed E-state index contributed by atoms with van der Waals surface area (Å²) in [6.45, 7) is 2.57. The zero-order valence-electron chi connectivity index (χ0n) is 15.4. The summed E-state index contributed by atoms with van der Waals surface area (Å²) < 4.78 is 11.1. The van der Waals surface area contributed by atoms with Gasteiger partial charge in [0.1, 0.15) is 5.69 Å². The molecule has 0 saturated carbocycles. The summed E-state index contributed by atoms with van der Waals surface area (Å²) in [5.41, 5.74) is 1.86. The molecular formula is C20H19N5O3. The molecule has 1 amide bonds. The van der Waals surface area contributed by atoms with E-state index in [0.29, 0.717) is 37.8 Å². The summed E-state index contributed by atoms with van der Waals surface area (Å²) in [6.07, 6.45) is 1.52. The van der Waals surface area contributed by atoms with Crippen LogP contribution < -0.4 is 14.5 Å². The van der Waals surface area contributed by atoms with Gasteiger partial charge in [0.15, 0.2) is 17.3 Å². The largest absolute Gasteiger partial charge is 0.459 e. The molecule has 8 heteroatoms. The standard InChI is InChI=1S/C20H19N5O3/c1-23-14-5-2-3-6-16(14)28-19-15(23)13-18(21-22-19)24-8-10-25(11-9-24)20(26)17-7-4-12-27-17/h2-7,12-13H,8-11H2,1H3. The van der Waals surface area contributed by atoms with Crippen LogP contribution in [-0.4, -0.2) is 54.2 Å². The van der Waals surface area contributed by atoms with Crippen molar-refractivity contribution in [2.24, 2.45) is 0 Å². The van der Waals surface area contributed by atoms with Crippen LogP contribution in [0.3, 0.4) is 0 Å². The molecule has 4 heterocycles. The Morgan fingerprint density at radius 1 is 1.00 bits per heavy atom. The fourth-order valence-corrected chi connectivity index (χ4v) is 3.58.